The summed E-state index contributed by atoms with van der Waals surface area (Å²) in [6.07, 6.45) is 0. The summed E-state index contributed by atoms with van der Waals surface area (Å²) in [5.74, 6) is -0.120. The fourth-order valence-corrected chi connectivity index (χ4v) is 3.04. The number of rotatable bonds is 5. The average Bonchev–Trinajstić information content (AvgIpc) is 3.18. The van der Waals surface area contributed by atoms with Crippen LogP contribution in [0, 0.1) is 5.82 Å². The average molecular weight is 394 g/mol. The van der Waals surface area contributed by atoms with Crippen LogP contribution in [0.4, 0.5) is 16.1 Å². The number of nitrogens with zero attached hydrogens (tertiary/aromatic N) is 2. The molecule has 1 aromatic heterocycles. The fraction of sp³-hybridized carbons (Fsp3) is 0.0909. The van der Waals surface area contributed by atoms with Crippen molar-refractivity contribution in [1.29, 1.82) is 0 Å². The van der Waals surface area contributed by atoms with Gasteiger partial charge in [0.25, 0.3) is 0 Å². The van der Waals surface area contributed by atoms with Crippen molar-refractivity contribution in [2.45, 2.75) is 12.8 Å². The molecule has 1 atom stereocenters. The summed E-state index contributed by atoms with van der Waals surface area (Å²) in [6.45, 7) is 1.90. The monoisotopic (exact) mass is 393 g/mol. The van der Waals surface area contributed by atoms with Gasteiger partial charge in [0.15, 0.2) is 0 Å². The van der Waals surface area contributed by atoms with Crippen molar-refractivity contribution in [3.63, 3.8) is 0 Å². The molecule has 1 N–H and O–H groups in total. The van der Waals surface area contributed by atoms with Crippen molar-refractivity contribution in [3.8, 4) is 11.1 Å². The molecule has 4 rings (SSSR count). The molecular weight excluding hydrogens is 377 g/mol. The number of halogens is 2. The Morgan fingerprint density at radius 3 is 2.43 bits per heavy atom. The van der Waals surface area contributed by atoms with Gasteiger partial charge in [0.1, 0.15) is 5.82 Å². The molecule has 0 saturated carbocycles. The Bertz CT molecular complexity index is 1080. The Kier molecular flexibility index (Phi) is 5.08. The first-order chi connectivity index (χ1) is 13.6. The summed E-state index contributed by atoms with van der Waals surface area (Å²) in [4.78, 5) is 0. The smallest absolute Gasteiger partial charge is 0.320 e. The van der Waals surface area contributed by atoms with E-state index >= 15 is 0 Å². The maximum Gasteiger partial charge on any atom is 0.320 e. The molecule has 1 unspecified atom stereocenters. The number of anilines is 2. The van der Waals surface area contributed by atoms with Gasteiger partial charge in [-0.05, 0) is 48.4 Å². The molecule has 28 heavy (non-hydrogen) atoms. The quantitative estimate of drug-likeness (QED) is 0.424. The summed E-state index contributed by atoms with van der Waals surface area (Å²) < 4.78 is 20.3. The molecule has 0 aliphatic carbocycles. The Morgan fingerprint density at radius 1 is 0.964 bits per heavy atom. The van der Waals surface area contributed by atoms with Crippen LogP contribution in [-0.2, 0) is 0 Å². The lowest BCUT2D eigenvalue weighted by Crippen LogP contribution is -1.98. The van der Waals surface area contributed by atoms with Crippen molar-refractivity contribution in [3.05, 3.63) is 95.1 Å². The van der Waals surface area contributed by atoms with E-state index in [0.29, 0.717) is 16.5 Å². The van der Waals surface area contributed by atoms with Crippen molar-refractivity contribution in [2.24, 2.45) is 0 Å². The van der Waals surface area contributed by atoms with E-state index in [4.69, 9.17) is 16.0 Å². The van der Waals surface area contributed by atoms with Crippen LogP contribution in [-0.4, -0.2) is 10.2 Å². The van der Waals surface area contributed by atoms with E-state index in [1.165, 1.54) is 6.07 Å². The summed E-state index contributed by atoms with van der Waals surface area (Å²) >= 11 is 5.88. The molecule has 1 heterocycles. The second-order valence-electron chi connectivity index (χ2n) is 6.40. The van der Waals surface area contributed by atoms with Gasteiger partial charge < -0.3 is 9.73 Å². The van der Waals surface area contributed by atoms with Crippen LogP contribution in [0.5, 0.6) is 0 Å². The van der Waals surface area contributed by atoms with Crippen LogP contribution in [0.25, 0.3) is 11.1 Å². The van der Waals surface area contributed by atoms with Crippen LogP contribution in [0.2, 0.25) is 5.02 Å². The Labute approximate surface area is 167 Å². The lowest BCUT2D eigenvalue weighted by Gasteiger charge is -2.10. The third-order valence-corrected chi connectivity index (χ3v) is 4.74. The lowest BCUT2D eigenvalue weighted by molar-refractivity contribution is 0.492. The lowest BCUT2D eigenvalue weighted by atomic mass is 9.97. The van der Waals surface area contributed by atoms with Crippen LogP contribution in [0.1, 0.15) is 24.3 Å². The zero-order valence-corrected chi connectivity index (χ0v) is 15.8. The van der Waals surface area contributed by atoms with E-state index in [2.05, 4.69) is 15.5 Å². The molecule has 6 heteroatoms. The number of benzene rings is 3. The molecule has 0 spiro atoms. The standard InChI is InChI=1S/C22H17ClFN3O/c1-14(16-7-12-19(20(24)13-16)15-5-3-2-4-6-15)21-26-27-22(28-21)25-18-10-8-17(23)9-11-18/h2-14H,1H3,(H,25,27). The van der Waals surface area contributed by atoms with E-state index in [0.717, 1.165) is 16.8 Å². The third kappa shape index (κ3) is 3.89. The zero-order chi connectivity index (χ0) is 19.5. The topological polar surface area (TPSA) is 51.0 Å². The number of hydrogen-bond acceptors (Lipinski definition) is 4. The largest absolute Gasteiger partial charge is 0.407 e. The molecular formula is C22H17ClFN3O. The SMILES string of the molecule is CC(c1ccc(-c2ccccc2)c(F)c1)c1nnc(Nc2ccc(Cl)cc2)o1. The molecule has 4 nitrogen and oxygen atoms in total. The normalized spacial score (nSPS) is 12.0. The van der Waals surface area contributed by atoms with Gasteiger partial charge in [-0.25, -0.2) is 4.39 Å². The minimum absolute atomic E-state index is 0.243. The van der Waals surface area contributed by atoms with Gasteiger partial charge in [-0.2, -0.15) is 0 Å². The Morgan fingerprint density at radius 2 is 1.71 bits per heavy atom. The highest BCUT2D eigenvalue weighted by Gasteiger charge is 2.18. The maximum atomic E-state index is 14.6. The minimum atomic E-state index is -0.283. The predicted octanol–water partition coefficient (Wildman–Crippen LogP) is 6.42. The van der Waals surface area contributed by atoms with E-state index in [1.807, 2.05) is 55.5 Å². The highest BCUT2D eigenvalue weighted by molar-refractivity contribution is 6.30. The molecule has 0 amide bonds. The number of nitrogens with one attached hydrogen (secondary N) is 1. The zero-order valence-electron chi connectivity index (χ0n) is 15.1. The highest BCUT2D eigenvalue weighted by Crippen LogP contribution is 2.30. The fourth-order valence-electron chi connectivity index (χ4n) is 2.91. The summed E-state index contributed by atoms with van der Waals surface area (Å²) in [6, 6.07) is 22.0. The molecule has 3 aromatic carbocycles. The van der Waals surface area contributed by atoms with Crippen LogP contribution in [0.15, 0.2) is 77.2 Å². The second kappa shape index (κ2) is 7.82. The Hall–Kier alpha value is -3.18. The van der Waals surface area contributed by atoms with Gasteiger partial charge in [-0.3, -0.25) is 0 Å². The minimum Gasteiger partial charge on any atom is -0.407 e. The summed E-state index contributed by atoms with van der Waals surface area (Å²) in [5, 5.41) is 11.8. The number of aromatic nitrogens is 2. The van der Waals surface area contributed by atoms with Gasteiger partial charge in [0.2, 0.25) is 5.89 Å². The highest BCUT2D eigenvalue weighted by atomic mass is 35.5. The van der Waals surface area contributed by atoms with Gasteiger partial charge in [-0.15, -0.1) is 5.10 Å². The van der Waals surface area contributed by atoms with Gasteiger partial charge in [0.05, 0.1) is 5.92 Å². The van der Waals surface area contributed by atoms with Gasteiger partial charge >= 0.3 is 6.01 Å². The van der Waals surface area contributed by atoms with Gasteiger partial charge in [-0.1, -0.05) is 59.2 Å². The summed E-state index contributed by atoms with van der Waals surface area (Å²) in [7, 11) is 0. The van der Waals surface area contributed by atoms with Crippen LogP contribution < -0.4 is 5.32 Å². The van der Waals surface area contributed by atoms with E-state index in [-0.39, 0.29) is 17.7 Å². The summed E-state index contributed by atoms with van der Waals surface area (Å²) in [5.41, 5.74) is 2.95. The molecule has 0 fully saturated rings. The van der Waals surface area contributed by atoms with E-state index < -0.39 is 0 Å². The van der Waals surface area contributed by atoms with Crippen molar-refractivity contribution >= 4 is 23.3 Å². The van der Waals surface area contributed by atoms with E-state index in [1.54, 1.807) is 18.2 Å². The molecule has 0 saturated heterocycles. The van der Waals surface area contributed by atoms with Crippen LogP contribution >= 0.6 is 11.6 Å². The van der Waals surface area contributed by atoms with E-state index in [9.17, 15) is 4.39 Å². The Balaban J connectivity index is 1.53. The van der Waals surface area contributed by atoms with Crippen molar-refractivity contribution in [2.75, 3.05) is 5.32 Å². The first-order valence-electron chi connectivity index (χ1n) is 8.81. The first-order valence-corrected chi connectivity index (χ1v) is 9.19. The van der Waals surface area contributed by atoms with Crippen LogP contribution in [0.3, 0.4) is 0 Å². The van der Waals surface area contributed by atoms with Crippen molar-refractivity contribution in [1.82, 2.24) is 10.2 Å². The molecule has 0 radical (unpaired) electrons. The molecule has 0 aliphatic heterocycles. The molecule has 0 bridgehead atoms. The molecule has 140 valence electrons. The molecule has 0 aliphatic rings. The number of hydrogen-bond donors (Lipinski definition) is 1. The van der Waals surface area contributed by atoms with Crippen molar-refractivity contribution < 1.29 is 8.81 Å². The first kappa shape index (κ1) is 18.2. The van der Waals surface area contributed by atoms with Gasteiger partial charge in [0, 0.05) is 16.3 Å². The third-order valence-electron chi connectivity index (χ3n) is 4.48. The molecule has 4 aromatic rings. The predicted molar refractivity (Wildman–Crippen MR) is 108 cm³/mol. The maximum absolute atomic E-state index is 14.6. The second-order valence-corrected chi connectivity index (χ2v) is 6.84.